The van der Waals surface area contributed by atoms with Crippen LogP contribution in [0.3, 0.4) is 0 Å². The molecule has 1 amide bonds. The number of carbonyl (C=O) groups is 3. The molecule has 210 valence electrons. The van der Waals surface area contributed by atoms with E-state index in [0.29, 0.717) is 16.7 Å². The number of amides is 1. The average molecular weight is 548 g/mol. The number of ketones is 2. The van der Waals surface area contributed by atoms with E-state index in [9.17, 15) is 34.8 Å². The first-order chi connectivity index (χ1) is 18.7. The molecule has 40 heavy (non-hydrogen) atoms. The van der Waals surface area contributed by atoms with E-state index in [4.69, 9.17) is 11.5 Å². The number of phenols is 1. The molecule has 1 saturated carbocycles. The van der Waals surface area contributed by atoms with Crippen LogP contribution in [0.4, 0.5) is 0 Å². The molecule has 4 atom stereocenters. The first-order valence-corrected chi connectivity index (χ1v) is 12.9. The molecule has 5 rings (SSSR count). The number of rotatable bonds is 4. The summed E-state index contributed by atoms with van der Waals surface area (Å²) in [6.07, 6.45) is 0.114. The first kappa shape index (κ1) is 27.6. The van der Waals surface area contributed by atoms with E-state index in [0.717, 1.165) is 5.56 Å². The van der Waals surface area contributed by atoms with Gasteiger partial charge in [0.25, 0.3) is 5.91 Å². The number of aliphatic hydroxyl groups is 3. The SMILES string of the molecule is CN(C)[C@@H]1C(=O)C(C(N)=O)=C(O)[C@@]2(O)C(=O)C3=C(O)c4c(O)c(CN)cc(-c5ccccc5)c4C[C@@]3(C)C[C@@]12C. The van der Waals surface area contributed by atoms with Crippen molar-refractivity contribution in [3.8, 4) is 16.9 Å². The molecule has 0 unspecified atom stereocenters. The lowest BCUT2D eigenvalue weighted by molar-refractivity contribution is -0.175. The predicted molar refractivity (Wildman–Crippen MR) is 147 cm³/mol. The highest BCUT2D eigenvalue weighted by Gasteiger charge is 2.72. The number of aromatic hydroxyl groups is 1. The van der Waals surface area contributed by atoms with E-state index in [1.54, 1.807) is 27.1 Å². The fourth-order valence-corrected chi connectivity index (χ4v) is 7.48. The number of phenolic OH excluding ortho intramolecular Hbond substituents is 1. The molecule has 1 fully saturated rings. The number of nitrogens with two attached hydrogens (primary N) is 2. The van der Waals surface area contributed by atoms with Crippen molar-refractivity contribution < 1.29 is 34.8 Å². The van der Waals surface area contributed by atoms with Crippen LogP contribution in [0, 0.1) is 10.8 Å². The molecule has 2 aromatic rings. The molecule has 0 aliphatic heterocycles. The van der Waals surface area contributed by atoms with Crippen molar-refractivity contribution in [1.29, 1.82) is 0 Å². The smallest absolute Gasteiger partial charge is 0.255 e. The zero-order chi connectivity index (χ0) is 29.5. The van der Waals surface area contributed by atoms with Crippen molar-refractivity contribution in [3.05, 3.63) is 70.0 Å². The third-order valence-corrected chi connectivity index (χ3v) is 9.02. The van der Waals surface area contributed by atoms with Gasteiger partial charge in [-0.05, 0) is 49.7 Å². The fourth-order valence-electron chi connectivity index (χ4n) is 7.48. The third kappa shape index (κ3) is 3.30. The molecule has 8 N–H and O–H groups in total. The summed E-state index contributed by atoms with van der Waals surface area (Å²) in [6, 6.07) is 9.89. The summed E-state index contributed by atoms with van der Waals surface area (Å²) in [4.78, 5) is 41.6. The maximum absolute atomic E-state index is 14.4. The molecule has 0 heterocycles. The number of likely N-dealkylation sites (N-methyl/N-ethyl adjacent to an activating group) is 1. The fraction of sp³-hybridized carbons (Fsp3) is 0.367. The minimum Gasteiger partial charge on any atom is -0.508 e. The summed E-state index contributed by atoms with van der Waals surface area (Å²) in [5, 5.41) is 46.2. The number of primary amides is 1. The number of hydrogen-bond acceptors (Lipinski definition) is 9. The van der Waals surface area contributed by atoms with Crippen molar-refractivity contribution in [2.45, 2.75) is 44.9 Å². The molecule has 3 aliphatic rings. The largest absolute Gasteiger partial charge is 0.508 e. The highest BCUT2D eigenvalue weighted by atomic mass is 16.3. The van der Waals surface area contributed by atoms with Gasteiger partial charge in [0.15, 0.2) is 11.4 Å². The zero-order valence-corrected chi connectivity index (χ0v) is 22.8. The summed E-state index contributed by atoms with van der Waals surface area (Å²) in [5.41, 5.74) is 7.20. The summed E-state index contributed by atoms with van der Waals surface area (Å²) in [5.74, 6) is -5.13. The van der Waals surface area contributed by atoms with Crippen molar-refractivity contribution in [2.75, 3.05) is 14.1 Å². The second-order valence-electron chi connectivity index (χ2n) is 11.8. The van der Waals surface area contributed by atoms with Crippen LogP contribution in [0.1, 0.15) is 37.0 Å². The summed E-state index contributed by atoms with van der Waals surface area (Å²) in [6.45, 7) is 3.21. The van der Waals surface area contributed by atoms with Crippen molar-refractivity contribution in [3.63, 3.8) is 0 Å². The maximum atomic E-state index is 14.4. The van der Waals surface area contributed by atoms with Crippen LogP contribution in [0.2, 0.25) is 0 Å². The normalized spacial score (nSPS) is 29.8. The molecule has 10 nitrogen and oxygen atoms in total. The average Bonchev–Trinajstić information content (AvgIpc) is 2.86. The molecule has 0 spiro atoms. The van der Waals surface area contributed by atoms with Crippen LogP contribution < -0.4 is 11.5 Å². The van der Waals surface area contributed by atoms with Crippen LogP contribution in [-0.2, 0) is 27.3 Å². The van der Waals surface area contributed by atoms with E-state index in [1.807, 2.05) is 30.3 Å². The van der Waals surface area contributed by atoms with Crippen LogP contribution in [0.5, 0.6) is 5.75 Å². The zero-order valence-electron chi connectivity index (χ0n) is 22.8. The van der Waals surface area contributed by atoms with E-state index >= 15 is 0 Å². The van der Waals surface area contributed by atoms with Gasteiger partial charge in [-0.2, -0.15) is 0 Å². The Morgan fingerprint density at radius 2 is 1.73 bits per heavy atom. The lowest BCUT2D eigenvalue weighted by Gasteiger charge is -2.59. The lowest BCUT2D eigenvalue weighted by Crippen LogP contribution is -2.72. The molecule has 0 saturated heterocycles. The Hall–Kier alpha value is -3.99. The van der Waals surface area contributed by atoms with Gasteiger partial charge in [-0.1, -0.05) is 44.2 Å². The Kier molecular flexibility index (Phi) is 6.03. The molecule has 0 aromatic heterocycles. The molecule has 0 bridgehead atoms. The molecular weight excluding hydrogens is 514 g/mol. The van der Waals surface area contributed by atoms with Gasteiger partial charge in [0, 0.05) is 28.5 Å². The van der Waals surface area contributed by atoms with Gasteiger partial charge in [0.05, 0.1) is 11.6 Å². The molecule has 10 heteroatoms. The van der Waals surface area contributed by atoms with Crippen molar-refractivity contribution in [2.24, 2.45) is 22.3 Å². The third-order valence-electron chi connectivity index (χ3n) is 9.02. The number of nitrogens with zero attached hydrogens (tertiary/aromatic N) is 1. The van der Waals surface area contributed by atoms with Gasteiger partial charge in [0.2, 0.25) is 5.78 Å². The molecule has 3 aliphatic carbocycles. The number of aliphatic hydroxyl groups excluding tert-OH is 2. The topological polar surface area (TPSA) is 187 Å². The Balaban J connectivity index is 1.86. The quantitative estimate of drug-likeness (QED) is 0.311. The van der Waals surface area contributed by atoms with E-state index < -0.39 is 57.0 Å². The van der Waals surface area contributed by atoms with Crippen LogP contribution >= 0.6 is 0 Å². The Morgan fingerprint density at radius 1 is 1.10 bits per heavy atom. The van der Waals surface area contributed by atoms with Crippen molar-refractivity contribution >= 4 is 23.2 Å². The number of benzene rings is 2. The number of carbonyl (C=O) groups excluding carboxylic acids is 3. The Bertz CT molecular complexity index is 1560. The molecular formula is C30H33N3O7. The molecule has 2 aromatic carbocycles. The van der Waals surface area contributed by atoms with E-state index in [2.05, 4.69) is 0 Å². The summed E-state index contributed by atoms with van der Waals surface area (Å²) < 4.78 is 0. The van der Waals surface area contributed by atoms with Gasteiger partial charge in [0.1, 0.15) is 22.8 Å². The second kappa shape index (κ2) is 8.76. The Labute approximate surface area is 231 Å². The monoisotopic (exact) mass is 547 g/mol. The minimum absolute atomic E-state index is 0.0180. The van der Waals surface area contributed by atoms with E-state index in [1.165, 1.54) is 11.8 Å². The maximum Gasteiger partial charge on any atom is 0.255 e. The van der Waals surface area contributed by atoms with Crippen LogP contribution in [-0.4, -0.2) is 68.5 Å². The number of Topliss-reactive ketones (excluding diaryl/α,β-unsaturated/α-hetero) is 2. The highest BCUT2D eigenvalue weighted by Crippen LogP contribution is 2.63. The first-order valence-electron chi connectivity index (χ1n) is 12.9. The highest BCUT2D eigenvalue weighted by molar-refractivity contribution is 6.25. The number of fused-ring (bicyclic) bond motifs is 3. The van der Waals surface area contributed by atoms with Gasteiger partial charge < -0.3 is 31.9 Å². The summed E-state index contributed by atoms with van der Waals surface area (Å²) in [7, 11) is 3.14. The Morgan fingerprint density at radius 3 is 2.27 bits per heavy atom. The van der Waals surface area contributed by atoms with Gasteiger partial charge in [-0.3, -0.25) is 19.3 Å². The van der Waals surface area contributed by atoms with Gasteiger partial charge in [-0.15, -0.1) is 0 Å². The van der Waals surface area contributed by atoms with Crippen LogP contribution in [0.25, 0.3) is 16.9 Å². The van der Waals surface area contributed by atoms with Gasteiger partial charge >= 0.3 is 0 Å². The molecule has 0 radical (unpaired) electrons. The second-order valence-corrected chi connectivity index (χ2v) is 11.8. The standard InChI is InChI=1S/C30H33N3O7/c1-28-11-17-16(14-8-6-5-7-9-14)10-15(12-31)21(34)18(17)22(35)20(28)26(38)30(40)25(37)19(27(32)39)23(36)24(33(3)4)29(30,2)13-28/h5-10,24,34-35,37,40H,11-13,31H2,1-4H3,(H2,32,39)/t24-,28+,29+,30-/m1/s1. The van der Waals surface area contributed by atoms with Gasteiger partial charge in [-0.25, -0.2) is 0 Å². The van der Waals surface area contributed by atoms with Crippen LogP contribution in [0.15, 0.2) is 53.3 Å². The minimum atomic E-state index is -2.76. The predicted octanol–water partition coefficient (Wildman–Crippen LogP) is 1.87. The lowest BCUT2D eigenvalue weighted by atomic mass is 9.46. The van der Waals surface area contributed by atoms with Crippen molar-refractivity contribution in [1.82, 2.24) is 4.90 Å². The number of hydrogen-bond donors (Lipinski definition) is 6. The van der Waals surface area contributed by atoms with E-state index in [-0.39, 0.29) is 36.3 Å². The summed E-state index contributed by atoms with van der Waals surface area (Å²) >= 11 is 0.